The Balaban J connectivity index is 5.51. The summed E-state index contributed by atoms with van der Waals surface area (Å²) >= 11 is 0. The smallest absolute Gasteiger partial charge is 0.298 e. The largest absolute Gasteiger partial charge is 0.518 e. The summed E-state index contributed by atoms with van der Waals surface area (Å²) < 4.78 is 12.8. The summed E-state index contributed by atoms with van der Waals surface area (Å²) in [5.74, 6) is -0.487. The molecular formula is C20H45NO3Si2. The lowest BCUT2D eigenvalue weighted by atomic mass is 10.1. The van der Waals surface area contributed by atoms with E-state index in [1.807, 2.05) is 6.92 Å². The summed E-state index contributed by atoms with van der Waals surface area (Å²) in [6.45, 7) is 26.4. The molecule has 0 bridgehead atoms. The molecule has 0 heterocycles. The van der Waals surface area contributed by atoms with Crippen LogP contribution in [0, 0.1) is 5.92 Å². The van der Waals surface area contributed by atoms with Crippen LogP contribution < -0.4 is 5.73 Å². The molecule has 0 aliphatic heterocycles. The number of hydrogen-bond acceptors (Lipinski definition) is 4. The lowest BCUT2D eigenvalue weighted by Crippen LogP contribution is -2.53. The van der Waals surface area contributed by atoms with E-state index in [0.717, 1.165) is 0 Å². The van der Waals surface area contributed by atoms with Gasteiger partial charge in [0.15, 0.2) is 8.32 Å². The standard InChI is InChI=1S/C20H45NO3Si2/c1-14(2)26(15(3)4,16(5)6)24-19(22)17(7)18(13-21)23-25(11,12)20(8,9)10/h14-18H,13,21H2,1-12H3/t17-,18-/m1/s1. The Kier molecular flexibility index (Phi) is 9.28. The van der Waals surface area contributed by atoms with Crippen molar-refractivity contribution in [3.63, 3.8) is 0 Å². The van der Waals surface area contributed by atoms with Crippen LogP contribution in [-0.2, 0) is 13.6 Å². The average molecular weight is 404 g/mol. The minimum absolute atomic E-state index is 0.0797. The van der Waals surface area contributed by atoms with E-state index >= 15 is 0 Å². The van der Waals surface area contributed by atoms with Crippen LogP contribution >= 0.6 is 0 Å². The van der Waals surface area contributed by atoms with Gasteiger partial charge in [-0.3, -0.25) is 4.79 Å². The van der Waals surface area contributed by atoms with Gasteiger partial charge < -0.3 is 14.6 Å². The van der Waals surface area contributed by atoms with E-state index in [2.05, 4.69) is 75.4 Å². The monoisotopic (exact) mass is 403 g/mol. The highest BCUT2D eigenvalue weighted by Gasteiger charge is 2.49. The van der Waals surface area contributed by atoms with Crippen molar-refractivity contribution in [2.75, 3.05) is 6.54 Å². The highest BCUT2D eigenvalue weighted by molar-refractivity contribution is 6.79. The molecule has 0 saturated carbocycles. The Bertz CT molecular complexity index is 435. The summed E-state index contributed by atoms with van der Waals surface area (Å²) in [5.41, 5.74) is 7.12. The van der Waals surface area contributed by atoms with Gasteiger partial charge in [0.05, 0.1) is 12.0 Å². The second-order valence-corrected chi connectivity index (χ2v) is 20.3. The van der Waals surface area contributed by atoms with Crippen molar-refractivity contribution in [3.05, 3.63) is 0 Å². The fraction of sp³-hybridized carbons (Fsp3) is 0.950. The van der Waals surface area contributed by atoms with Crippen molar-refractivity contribution in [2.24, 2.45) is 11.7 Å². The Labute approximate surface area is 164 Å². The van der Waals surface area contributed by atoms with Crippen LogP contribution in [0.15, 0.2) is 0 Å². The first-order valence-electron chi connectivity index (χ1n) is 10.1. The van der Waals surface area contributed by atoms with Gasteiger partial charge in [-0.25, -0.2) is 0 Å². The molecule has 0 radical (unpaired) electrons. The van der Waals surface area contributed by atoms with Gasteiger partial charge in [0.1, 0.15) is 0 Å². The highest BCUT2D eigenvalue weighted by atomic mass is 28.4. The molecule has 0 saturated heterocycles. The molecule has 0 unspecified atom stereocenters. The zero-order valence-corrected chi connectivity index (χ0v) is 21.4. The lowest BCUT2D eigenvalue weighted by molar-refractivity contribution is -0.142. The van der Waals surface area contributed by atoms with Crippen molar-refractivity contribution >= 4 is 22.6 Å². The Morgan fingerprint density at radius 1 is 0.923 bits per heavy atom. The van der Waals surface area contributed by atoms with E-state index in [1.165, 1.54) is 0 Å². The molecule has 0 aromatic carbocycles. The third-order valence-corrected chi connectivity index (χ3v) is 16.9. The van der Waals surface area contributed by atoms with Crippen LogP contribution in [-0.4, -0.2) is 35.3 Å². The van der Waals surface area contributed by atoms with Crippen molar-refractivity contribution in [1.29, 1.82) is 0 Å². The van der Waals surface area contributed by atoms with Crippen LogP contribution in [0.2, 0.25) is 34.8 Å². The summed E-state index contributed by atoms with van der Waals surface area (Å²) in [7, 11) is -4.24. The Hall–Kier alpha value is -0.176. The zero-order chi connectivity index (χ0) is 21.1. The third kappa shape index (κ3) is 5.66. The van der Waals surface area contributed by atoms with E-state index in [0.29, 0.717) is 23.2 Å². The fourth-order valence-electron chi connectivity index (χ4n) is 3.68. The molecule has 2 N–H and O–H groups in total. The maximum atomic E-state index is 13.1. The van der Waals surface area contributed by atoms with Gasteiger partial charge in [0, 0.05) is 6.54 Å². The van der Waals surface area contributed by atoms with Gasteiger partial charge in [-0.05, 0) is 41.7 Å². The number of hydrogen-bond donors (Lipinski definition) is 1. The molecule has 2 atom stereocenters. The molecule has 0 aromatic rings. The predicted octanol–water partition coefficient (Wildman–Crippen LogP) is 5.69. The molecule has 0 aromatic heterocycles. The SMILES string of the molecule is CC(C)[Si](OC(=O)[C@H](C)[C@@H](CN)O[Si](C)(C)C(C)(C)C)(C(C)C)C(C)C. The topological polar surface area (TPSA) is 61.5 Å². The molecule has 0 spiro atoms. The molecule has 0 fully saturated rings. The lowest BCUT2D eigenvalue weighted by Gasteiger charge is -2.43. The molecule has 26 heavy (non-hydrogen) atoms. The van der Waals surface area contributed by atoms with Crippen molar-refractivity contribution in [1.82, 2.24) is 0 Å². The van der Waals surface area contributed by atoms with Gasteiger partial charge in [0.25, 0.3) is 14.3 Å². The van der Waals surface area contributed by atoms with Gasteiger partial charge in [-0.1, -0.05) is 62.3 Å². The predicted molar refractivity (Wildman–Crippen MR) is 117 cm³/mol. The molecule has 0 rings (SSSR count). The molecule has 0 aliphatic rings. The number of nitrogens with two attached hydrogens (primary N) is 1. The van der Waals surface area contributed by atoms with E-state index in [4.69, 9.17) is 14.6 Å². The molecular weight excluding hydrogens is 358 g/mol. The average Bonchev–Trinajstić information content (AvgIpc) is 2.46. The van der Waals surface area contributed by atoms with Crippen LogP contribution in [0.25, 0.3) is 0 Å². The Morgan fingerprint density at radius 2 is 1.31 bits per heavy atom. The molecule has 0 aliphatic carbocycles. The Morgan fingerprint density at radius 3 is 1.58 bits per heavy atom. The van der Waals surface area contributed by atoms with Gasteiger partial charge >= 0.3 is 0 Å². The second kappa shape index (κ2) is 9.35. The van der Waals surface area contributed by atoms with Crippen LogP contribution in [0.4, 0.5) is 0 Å². The quantitative estimate of drug-likeness (QED) is 0.502. The summed E-state index contributed by atoms with van der Waals surface area (Å²) in [6.07, 6.45) is -0.290. The molecule has 4 nitrogen and oxygen atoms in total. The van der Waals surface area contributed by atoms with Crippen LogP contribution in [0.5, 0.6) is 0 Å². The van der Waals surface area contributed by atoms with Crippen molar-refractivity contribution in [2.45, 2.75) is 110 Å². The molecule has 0 amide bonds. The first-order chi connectivity index (χ1) is 11.5. The normalized spacial score (nSPS) is 16.3. The number of rotatable bonds is 9. The summed E-state index contributed by atoms with van der Waals surface area (Å²) in [5, 5.41) is 0.0797. The summed E-state index contributed by atoms with van der Waals surface area (Å²) in [4.78, 5) is 13.1. The zero-order valence-electron chi connectivity index (χ0n) is 19.4. The number of carbonyl (C=O) groups is 1. The molecule has 6 heteroatoms. The minimum atomic E-state index is -2.24. The second-order valence-electron chi connectivity index (χ2n) is 10.2. The third-order valence-electron chi connectivity index (χ3n) is 6.40. The van der Waals surface area contributed by atoms with Gasteiger partial charge in [0.2, 0.25) is 0 Å². The van der Waals surface area contributed by atoms with Crippen LogP contribution in [0.3, 0.4) is 0 Å². The summed E-state index contributed by atoms with van der Waals surface area (Å²) in [6, 6.07) is 0. The van der Waals surface area contributed by atoms with Crippen molar-refractivity contribution in [3.8, 4) is 0 Å². The first-order valence-corrected chi connectivity index (χ1v) is 15.2. The maximum Gasteiger partial charge on any atom is 0.298 e. The number of carbonyl (C=O) groups excluding carboxylic acids is 1. The van der Waals surface area contributed by atoms with Crippen LogP contribution in [0.1, 0.15) is 69.2 Å². The minimum Gasteiger partial charge on any atom is -0.518 e. The van der Waals surface area contributed by atoms with E-state index in [9.17, 15) is 4.79 Å². The van der Waals surface area contributed by atoms with E-state index < -0.39 is 16.6 Å². The fourth-order valence-corrected chi connectivity index (χ4v) is 10.3. The van der Waals surface area contributed by atoms with Gasteiger partial charge in [-0.2, -0.15) is 0 Å². The highest BCUT2D eigenvalue weighted by Crippen LogP contribution is 2.43. The van der Waals surface area contributed by atoms with E-state index in [1.54, 1.807) is 0 Å². The molecule has 156 valence electrons. The van der Waals surface area contributed by atoms with Crippen molar-refractivity contribution < 1.29 is 13.6 Å². The maximum absolute atomic E-state index is 13.1. The van der Waals surface area contributed by atoms with E-state index in [-0.39, 0.29) is 23.0 Å². The van der Waals surface area contributed by atoms with Gasteiger partial charge in [-0.15, -0.1) is 0 Å². The first kappa shape index (κ1) is 25.8.